The molecule has 0 bridgehead atoms. The first-order valence-electron chi connectivity index (χ1n) is 8.20. The number of benzene rings is 1. The van der Waals surface area contributed by atoms with Crippen LogP contribution in [-0.2, 0) is 13.0 Å². The minimum absolute atomic E-state index is 0.695. The molecule has 0 aliphatic carbocycles. The van der Waals surface area contributed by atoms with Crippen molar-refractivity contribution >= 4 is 17.3 Å². The number of fused-ring (bicyclic) bond motifs is 1. The van der Waals surface area contributed by atoms with Gasteiger partial charge < -0.3 is 10.2 Å². The molecule has 0 atom stereocenters. The molecular weight excluding hydrogens is 298 g/mol. The van der Waals surface area contributed by atoms with Gasteiger partial charge in [0.25, 0.3) is 0 Å². The quantitative estimate of drug-likeness (QED) is 0.797. The average Bonchev–Trinajstić information content (AvgIpc) is 2.67. The Morgan fingerprint density at radius 2 is 2.04 bits per heavy atom. The molecular formula is C19H19N5. The summed E-state index contributed by atoms with van der Waals surface area (Å²) in [5.41, 5.74) is 3.76. The molecule has 0 unspecified atom stereocenters. The fraction of sp³-hybridized carbons (Fsp3) is 0.211. The molecule has 1 aliphatic rings. The van der Waals surface area contributed by atoms with Gasteiger partial charge in [0.15, 0.2) is 0 Å². The first kappa shape index (κ1) is 14.6. The molecule has 0 saturated carbocycles. The van der Waals surface area contributed by atoms with Crippen LogP contribution in [0.15, 0.2) is 61.2 Å². The smallest absolute Gasteiger partial charge is 0.138 e. The third kappa shape index (κ3) is 3.06. The van der Waals surface area contributed by atoms with E-state index in [0.29, 0.717) is 6.54 Å². The lowest BCUT2D eigenvalue weighted by Crippen LogP contribution is -2.25. The number of pyridine rings is 1. The standard InChI is InChI=1S/C19H19N5/c1-2-8-17-16(6-1)7-4-10-24(17)19-11-18(22-14-23-19)21-13-15-5-3-9-20-12-15/h1-3,5-6,8-9,11-12,14H,4,7,10,13H2,(H,21,22,23). The number of aryl methyl sites for hydroxylation is 1. The number of hydrogen-bond acceptors (Lipinski definition) is 5. The summed E-state index contributed by atoms with van der Waals surface area (Å²) in [5, 5.41) is 3.35. The molecule has 5 nitrogen and oxygen atoms in total. The molecule has 1 aromatic carbocycles. The molecule has 1 N–H and O–H groups in total. The van der Waals surface area contributed by atoms with Crippen molar-refractivity contribution in [2.24, 2.45) is 0 Å². The molecule has 1 aliphatic heterocycles. The van der Waals surface area contributed by atoms with Gasteiger partial charge in [-0.05, 0) is 36.1 Å². The topological polar surface area (TPSA) is 53.9 Å². The zero-order valence-corrected chi connectivity index (χ0v) is 13.4. The average molecular weight is 317 g/mol. The van der Waals surface area contributed by atoms with Crippen molar-refractivity contribution in [3.8, 4) is 0 Å². The van der Waals surface area contributed by atoms with E-state index >= 15 is 0 Å². The van der Waals surface area contributed by atoms with E-state index < -0.39 is 0 Å². The first-order chi connectivity index (χ1) is 11.9. The minimum atomic E-state index is 0.695. The number of rotatable bonds is 4. The highest BCUT2D eigenvalue weighted by molar-refractivity contribution is 5.66. The van der Waals surface area contributed by atoms with Crippen LogP contribution < -0.4 is 10.2 Å². The SMILES string of the molecule is c1cncc(CNc2cc(N3CCCc4ccccc43)ncn2)c1. The van der Waals surface area contributed by atoms with E-state index in [4.69, 9.17) is 0 Å². The normalized spacial score (nSPS) is 13.4. The van der Waals surface area contributed by atoms with Crippen molar-refractivity contribution in [2.75, 3.05) is 16.8 Å². The zero-order chi connectivity index (χ0) is 16.2. The molecule has 4 rings (SSSR count). The molecule has 120 valence electrons. The molecule has 0 saturated heterocycles. The summed E-state index contributed by atoms with van der Waals surface area (Å²) in [6.45, 7) is 1.68. The van der Waals surface area contributed by atoms with Gasteiger partial charge in [-0.15, -0.1) is 0 Å². The highest BCUT2D eigenvalue weighted by Crippen LogP contribution is 2.32. The maximum Gasteiger partial charge on any atom is 0.138 e. The number of para-hydroxylation sites is 1. The summed E-state index contributed by atoms with van der Waals surface area (Å²) >= 11 is 0. The monoisotopic (exact) mass is 317 g/mol. The molecule has 0 spiro atoms. The number of nitrogens with zero attached hydrogens (tertiary/aromatic N) is 4. The Bertz CT molecular complexity index is 819. The number of hydrogen-bond donors (Lipinski definition) is 1. The number of aromatic nitrogens is 3. The van der Waals surface area contributed by atoms with Gasteiger partial charge in [0, 0.05) is 37.2 Å². The molecule has 3 heterocycles. The van der Waals surface area contributed by atoms with Gasteiger partial charge >= 0.3 is 0 Å². The van der Waals surface area contributed by atoms with E-state index in [-0.39, 0.29) is 0 Å². The maximum absolute atomic E-state index is 4.48. The van der Waals surface area contributed by atoms with Crippen LogP contribution in [-0.4, -0.2) is 21.5 Å². The van der Waals surface area contributed by atoms with Crippen LogP contribution in [0.2, 0.25) is 0 Å². The van der Waals surface area contributed by atoms with Crippen LogP contribution in [0.3, 0.4) is 0 Å². The van der Waals surface area contributed by atoms with Crippen LogP contribution >= 0.6 is 0 Å². The molecule has 0 amide bonds. The van der Waals surface area contributed by atoms with Crippen molar-refractivity contribution in [1.29, 1.82) is 0 Å². The van der Waals surface area contributed by atoms with Gasteiger partial charge in [0.2, 0.25) is 0 Å². The number of nitrogens with one attached hydrogen (secondary N) is 1. The zero-order valence-electron chi connectivity index (χ0n) is 13.4. The summed E-state index contributed by atoms with van der Waals surface area (Å²) in [5.74, 6) is 1.76. The Morgan fingerprint density at radius 3 is 2.96 bits per heavy atom. The van der Waals surface area contributed by atoms with E-state index in [1.807, 2.05) is 24.4 Å². The van der Waals surface area contributed by atoms with Crippen LogP contribution in [0.4, 0.5) is 17.3 Å². The second kappa shape index (κ2) is 6.66. The maximum atomic E-state index is 4.48. The summed E-state index contributed by atoms with van der Waals surface area (Å²) in [7, 11) is 0. The lowest BCUT2D eigenvalue weighted by atomic mass is 10.0. The molecule has 0 fully saturated rings. The van der Waals surface area contributed by atoms with Gasteiger partial charge in [0.1, 0.15) is 18.0 Å². The third-order valence-electron chi connectivity index (χ3n) is 4.24. The Labute approximate surface area is 141 Å². The fourth-order valence-electron chi connectivity index (χ4n) is 3.06. The van der Waals surface area contributed by atoms with Crippen molar-refractivity contribution in [1.82, 2.24) is 15.0 Å². The Hall–Kier alpha value is -2.95. The number of anilines is 3. The lowest BCUT2D eigenvalue weighted by Gasteiger charge is -2.30. The third-order valence-corrected chi connectivity index (χ3v) is 4.24. The summed E-state index contributed by atoms with van der Waals surface area (Å²) in [6.07, 6.45) is 7.53. The van der Waals surface area contributed by atoms with E-state index in [0.717, 1.165) is 36.6 Å². The van der Waals surface area contributed by atoms with Crippen molar-refractivity contribution in [2.45, 2.75) is 19.4 Å². The van der Waals surface area contributed by atoms with Gasteiger partial charge in [-0.2, -0.15) is 0 Å². The van der Waals surface area contributed by atoms with Crippen molar-refractivity contribution < 1.29 is 0 Å². The highest BCUT2D eigenvalue weighted by Gasteiger charge is 2.18. The highest BCUT2D eigenvalue weighted by atomic mass is 15.2. The Morgan fingerprint density at radius 1 is 1.08 bits per heavy atom. The molecule has 2 aromatic heterocycles. The first-order valence-corrected chi connectivity index (χ1v) is 8.20. The van der Waals surface area contributed by atoms with Crippen LogP contribution in [0.5, 0.6) is 0 Å². The minimum Gasteiger partial charge on any atom is -0.366 e. The van der Waals surface area contributed by atoms with Gasteiger partial charge in [0.05, 0.1) is 0 Å². The van der Waals surface area contributed by atoms with Gasteiger partial charge in [-0.25, -0.2) is 9.97 Å². The molecule has 3 aromatic rings. The fourth-order valence-corrected chi connectivity index (χ4v) is 3.06. The molecule has 0 radical (unpaired) electrons. The Balaban J connectivity index is 1.55. The van der Waals surface area contributed by atoms with Crippen LogP contribution in [0.25, 0.3) is 0 Å². The van der Waals surface area contributed by atoms with Crippen LogP contribution in [0, 0.1) is 0 Å². The van der Waals surface area contributed by atoms with Crippen molar-refractivity contribution in [3.63, 3.8) is 0 Å². The van der Waals surface area contributed by atoms with E-state index in [1.54, 1.807) is 12.5 Å². The predicted octanol–water partition coefficient (Wildman–Crippen LogP) is 3.57. The second-order valence-corrected chi connectivity index (χ2v) is 5.86. The van der Waals surface area contributed by atoms with E-state index in [9.17, 15) is 0 Å². The largest absolute Gasteiger partial charge is 0.366 e. The Kier molecular flexibility index (Phi) is 4.06. The molecule has 24 heavy (non-hydrogen) atoms. The molecule has 5 heteroatoms. The summed E-state index contributed by atoms with van der Waals surface area (Å²) in [4.78, 5) is 15.2. The van der Waals surface area contributed by atoms with Crippen LogP contribution in [0.1, 0.15) is 17.5 Å². The van der Waals surface area contributed by atoms with Crippen molar-refractivity contribution in [3.05, 3.63) is 72.3 Å². The van der Waals surface area contributed by atoms with Gasteiger partial charge in [-0.3, -0.25) is 4.98 Å². The van der Waals surface area contributed by atoms with E-state index in [1.165, 1.54) is 11.3 Å². The van der Waals surface area contributed by atoms with E-state index in [2.05, 4.69) is 49.4 Å². The summed E-state index contributed by atoms with van der Waals surface area (Å²) in [6, 6.07) is 14.5. The second-order valence-electron chi connectivity index (χ2n) is 5.86. The van der Waals surface area contributed by atoms with Gasteiger partial charge in [-0.1, -0.05) is 24.3 Å². The summed E-state index contributed by atoms with van der Waals surface area (Å²) < 4.78 is 0. The lowest BCUT2D eigenvalue weighted by molar-refractivity contribution is 0.758. The predicted molar refractivity (Wildman–Crippen MR) is 95.4 cm³/mol.